The number of rotatable bonds is 3. The topological polar surface area (TPSA) is 79.3 Å². The predicted octanol–water partition coefficient (Wildman–Crippen LogP) is 1.04. The van der Waals surface area contributed by atoms with Crippen molar-refractivity contribution in [2.45, 2.75) is 38.1 Å². The summed E-state index contributed by atoms with van der Waals surface area (Å²) < 4.78 is 1.72. The van der Waals surface area contributed by atoms with Crippen molar-refractivity contribution in [2.75, 3.05) is 18.4 Å². The standard InChI is InChI=1S/C14H21N5O2/c1-9(20)15-11-5-6-19(8-11)14(21)16-13-7-12(10-3-4-10)17-18(13)2/h7,10-11H,3-6,8H2,1-2H3,(H,15,20)(H,16,21)/t11-/m0/s1. The summed E-state index contributed by atoms with van der Waals surface area (Å²) in [4.78, 5) is 25.0. The number of nitrogens with zero attached hydrogens (tertiary/aromatic N) is 3. The van der Waals surface area contributed by atoms with Crippen LogP contribution in [0.2, 0.25) is 0 Å². The highest BCUT2D eigenvalue weighted by atomic mass is 16.2. The van der Waals surface area contributed by atoms with Gasteiger partial charge in [-0.2, -0.15) is 5.10 Å². The molecule has 0 radical (unpaired) electrons. The molecule has 7 heteroatoms. The lowest BCUT2D eigenvalue weighted by Gasteiger charge is -2.17. The normalized spacial score (nSPS) is 21.4. The molecule has 0 spiro atoms. The van der Waals surface area contributed by atoms with Crippen LogP contribution in [0.15, 0.2) is 6.07 Å². The fraction of sp³-hybridized carbons (Fsp3) is 0.643. The van der Waals surface area contributed by atoms with Gasteiger partial charge in [-0.05, 0) is 19.3 Å². The van der Waals surface area contributed by atoms with Crippen molar-refractivity contribution in [3.8, 4) is 0 Å². The number of carbonyl (C=O) groups is 2. The van der Waals surface area contributed by atoms with E-state index in [1.807, 2.05) is 13.1 Å². The van der Waals surface area contributed by atoms with Crippen molar-refractivity contribution in [1.29, 1.82) is 0 Å². The van der Waals surface area contributed by atoms with E-state index in [9.17, 15) is 9.59 Å². The number of carbonyl (C=O) groups excluding carboxylic acids is 2. The number of amides is 3. The smallest absolute Gasteiger partial charge is 0.323 e. The summed E-state index contributed by atoms with van der Waals surface area (Å²) in [5.74, 6) is 1.24. The largest absolute Gasteiger partial charge is 0.352 e. The van der Waals surface area contributed by atoms with Crippen molar-refractivity contribution in [1.82, 2.24) is 20.0 Å². The van der Waals surface area contributed by atoms with Crippen LogP contribution >= 0.6 is 0 Å². The summed E-state index contributed by atoms with van der Waals surface area (Å²) >= 11 is 0. The van der Waals surface area contributed by atoms with E-state index in [-0.39, 0.29) is 18.0 Å². The summed E-state index contributed by atoms with van der Waals surface area (Å²) in [6, 6.07) is 1.88. The van der Waals surface area contributed by atoms with Crippen LogP contribution in [0.3, 0.4) is 0 Å². The molecule has 1 saturated heterocycles. The molecule has 21 heavy (non-hydrogen) atoms. The van der Waals surface area contributed by atoms with Crippen LogP contribution in [-0.4, -0.2) is 45.8 Å². The molecule has 1 aromatic heterocycles. The number of hydrogen-bond donors (Lipinski definition) is 2. The Bertz CT molecular complexity index is 564. The summed E-state index contributed by atoms with van der Waals surface area (Å²) in [6.45, 7) is 2.71. The van der Waals surface area contributed by atoms with Gasteiger partial charge in [0.2, 0.25) is 5.91 Å². The molecule has 1 aromatic rings. The van der Waals surface area contributed by atoms with Crippen LogP contribution in [-0.2, 0) is 11.8 Å². The number of likely N-dealkylation sites (tertiary alicyclic amines) is 1. The quantitative estimate of drug-likeness (QED) is 0.873. The average Bonchev–Trinajstić information content (AvgIpc) is 3.06. The number of aromatic nitrogens is 2. The van der Waals surface area contributed by atoms with Crippen LogP contribution in [0.4, 0.5) is 10.6 Å². The molecular formula is C14H21N5O2. The van der Waals surface area contributed by atoms with E-state index in [2.05, 4.69) is 15.7 Å². The Kier molecular flexibility index (Phi) is 3.57. The minimum atomic E-state index is -0.131. The van der Waals surface area contributed by atoms with E-state index < -0.39 is 0 Å². The highest BCUT2D eigenvalue weighted by Crippen LogP contribution is 2.39. The Morgan fingerprint density at radius 3 is 2.76 bits per heavy atom. The minimum Gasteiger partial charge on any atom is -0.352 e. The third-order valence-electron chi connectivity index (χ3n) is 4.01. The first kappa shape index (κ1) is 13.9. The lowest BCUT2D eigenvalue weighted by molar-refractivity contribution is -0.119. The van der Waals surface area contributed by atoms with Crippen LogP contribution in [0.25, 0.3) is 0 Å². The van der Waals surface area contributed by atoms with Gasteiger partial charge in [0.05, 0.1) is 5.69 Å². The van der Waals surface area contributed by atoms with E-state index >= 15 is 0 Å². The van der Waals surface area contributed by atoms with Crippen LogP contribution in [0, 0.1) is 0 Å². The Morgan fingerprint density at radius 1 is 1.33 bits per heavy atom. The maximum Gasteiger partial charge on any atom is 0.323 e. The molecule has 2 N–H and O–H groups in total. The van der Waals surface area contributed by atoms with Crippen LogP contribution in [0.5, 0.6) is 0 Å². The number of hydrogen-bond acceptors (Lipinski definition) is 3. The molecule has 7 nitrogen and oxygen atoms in total. The minimum absolute atomic E-state index is 0.0528. The van der Waals surface area contributed by atoms with Gasteiger partial charge in [-0.15, -0.1) is 0 Å². The number of aryl methyl sites for hydroxylation is 1. The van der Waals surface area contributed by atoms with E-state index in [0.717, 1.165) is 17.9 Å². The second-order valence-electron chi connectivity index (χ2n) is 5.91. The molecule has 2 aliphatic rings. The summed E-state index contributed by atoms with van der Waals surface area (Å²) in [5.41, 5.74) is 1.06. The van der Waals surface area contributed by atoms with Crippen molar-refractivity contribution in [3.05, 3.63) is 11.8 Å². The molecule has 3 amide bonds. The van der Waals surface area contributed by atoms with Gasteiger partial charge in [-0.1, -0.05) is 0 Å². The molecule has 1 aliphatic heterocycles. The first-order valence-corrected chi connectivity index (χ1v) is 7.40. The van der Waals surface area contributed by atoms with E-state index in [1.54, 1.807) is 9.58 Å². The molecule has 1 aliphatic carbocycles. The summed E-state index contributed by atoms with van der Waals surface area (Å²) in [7, 11) is 1.84. The van der Waals surface area contributed by atoms with Gasteiger partial charge >= 0.3 is 6.03 Å². The first-order chi connectivity index (χ1) is 10.0. The fourth-order valence-electron chi connectivity index (χ4n) is 2.72. The maximum atomic E-state index is 12.3. The molecule has 0 unspecified atom stereocenters. The summed E-state index contributed by atoms with van der Waals surface area (Å²) in [5, 5.41) is 10.2. The fourth-order valence-corrected chi connectivity index (χ4v) is 2.72. The van der Waals surface area contributed by atoms with Gasteiger partial charge in [-0.25, -0.2) is 4.79 Å². The molecule has 1 atom stereocenters. The van der Waals surface area contributed by atoms with Gasteiger partial charge in [0.15, 0.2) is 0 Å². The highest BCUT2D eigenvalue weighted by molar-refractivity contribution is 5.88. The lowest BCUT2D eigenvalue weighted by atomic mass is 10.3. The number of anilines is 1. The van der Waals surface area contributed by atoms with Crippen molar-refractivity contribution >= 4 is 17.8 Å². The third-order valence-corrected chi connectivity index (χ3v) is 4.01. The molecule has 114 valence electrons. The van der Waals surface area contributed by atoms with E-state index in [4.69, 9.17) is 0 Å². The lowest BCUT2D eigenvalue weighted by Crippen LogP contribution is -2.39. The molecule has 0 aromatic carbocycles. The van der Waals surface area contributed by atoms with Crippen LogP contribution < -0.4 is 10.6 Å². The molecule has 2 heterocycles. The van der Waals surface area contributed by atoms with Crippen LogP contribution in [0.1, 0.15) is 37.8 Å². The zero-order valence-electron chi connectivity index (χ0n) is 12.4. The Balaban J connectivity index is 1.58. The second kappa shape index (κ2) is 5.38. The summed E-state index contributed by atoms with van der Waals surface area (Å²) in [6.07, 6.45) is 3.18. The Hall–Kier alpha value is -2.05. The molecule has 1 saturated carbocycles. The number of nitrogens with one attached hydrogen (secondary N) is 2. The monoisotopic (exact) mass is 291 g/mol. The molecule has 2 fully saturated rings. The molecule has 0 bridgehead atoms. The van der Waals surface area contributed by atoms with Gasteiger partial charge in [-0.3, -0.25) is 14.8 Å². The second-order valence-corrected chi connectivity index (χ2v) is 5.91. The zero-order chi connectivity index (χ0) is 15.0. The van der Waals surface area contributed by atoms with Gasteiger partial charge < -0.3 is 10.2 Å². The van der Waals surface area contributed by atoms with Crippen molar-refractivity contribution in [3.63, 3.8) is 0 Å². The Labute approximate surface area is 123 Å². The van der Waals surface area contributed by atoms with Gasteiger partial charge in [0.25, 0.3) is 0 Å². The molecular weight excluding hydrogens is 270 g/mol. The van der Waals surface area contributed by atoms with E-state index in [0.29, 0.717) is 19.0 Å². The first-order valence-electron chi connectivity index (χ1n) is 7.40. The van der Waals surface area contributed by atoms with E-state index in [1.165, 1.54) is 19.8 Å². The zero-order valence-corrected chi connectivity index (χ0v) is 12.4. The molecule has 3 rings (SSSR count). The number of urea groups is 1. The van der Waals surface area contributed by atoms with Gasteiger partial charge in [0.1, 0.15) is 5.82 Å². The highest BCUT2D eigenvalue weighted by Gasteiger charge is 2.29. The van der Waals surface area contributed by atoms with Crippen molar-refractivity contribution in [2.24, 2.45) is 7.05 Å². The van der Waals surface area contributed by atoms with Gasteiger partial charge in [0, 0.05) is 45.1 Å². The Morgan fingerprint density at radius 2 is 2.10 bits per heavy atom. The predicted molar refractivity (Wildman–Crippen MR) is 78.0 cm³/mol. The SMILES string of the molecule is CC(=O)N[C@H]1CCN(C(=O)Nc2cc(C3CC3)nn2C)C1. The maximum absolute atomic E-state index is 12.3. The average molecular weight is 291 g/mol. The van der Waals surface area contributed by atoms with Crippen molar-refractivity contribution < 1.29 is 9.59 Å². The third kappa shape index (κ3) is 3.17.